The van der Waals surface area contributed by atoms with Crippen LogP contribution in [0.5, 0.6) is 11.5 Å². The molecule has 0 aliphatic heterocycles. The first-order valence-electron chi connectivity index (χ1n) is 34.0. The molecule has 0 radical (unpaired) electrons. The Kier molecular flexibility index (Phi) is 22.9. The Morgan fingerprint density at radius 1 is 0.298 bits per heavy atom. The lowest BCUT2D eigenvalue weighted by atomic mass is 10.1. The van der Waals surface area contributed by atoms with Gasteiger partial charge in [0.05, 0.1) is 50.1 Å². The Morgan fingerprint density at radius 3 is 0.947 bits per heavy atom. The number of aromatic nitrogens is 8. The summed E-state index contributed by atoms with van der Waals surface area (Å²) in [6.07, 6.45) is -18.5. The van der Waals surface area contributed by atoms with Crippen LogP contribution in [0.1, 0.15) is 33.9 Å². The molecule has 8 heterocycles. The molecule has 16 aromatic rings. The maximum absolute atomic E-state index is 13.3. The van der Waals surface area contributed by atoms with Gasteiger partial charge in [-0.05, 0) is 167 Å². The van der Waals surface area contributed by atoms with Crippen molar-refractivity contribution in [3.05, 3.63) is 297 Å². The van der Waals surface area contributed by atoms with E-state index in [1.165, 1.54) is 84.9 Å². The zero-order valence-electron chi connectivity index (χ0n) is 59.4. The largest absolute Gasteiger partial charge is 0.573 e. The predicted octanol–water partition coefficient (Wildman–Crippen LogP) is 27.2. The minimum absolute atomic E-state index is 0.0143. The van der Waals surface area contributed by atoms with Gasteiger partial charge in [-0.2, -0.15) is 26.3 Å². The van der Waals surface area contributed by atoms with E-state index in [0.717, 1.165) is 57.2 Å². The van der Waals surface area contributed by atoms with E-state index in [4.69, 9.17) is 52.5 Å². The number of hydrogen-bond acceptors (Lipinski definition) is 10. The van der Waals surface area contributed by atoms with Crippen molar-refractivity contribution in [3.8, 4) is 148 Å². The minimum atomic E-state index is -4.81. The van der Waals surface area contributed by atoms with Gasteiger partial charge in [0.25, 0.3) is 0 Å². The molecule has 0 unspecified atom stereocenters. The van der Waals surface area contributed by atoms with Crippen molar-refractivity contribution in [3.63, 3.8) is 0 Å². The monoisotopic (exact) mass is 1620 g/mol. The highest BCUT2D eigenvalue weighted by molar-refractivity contribution is 6.33. The van der Waals surface area contributed by atoms with Crippen LogP contribution in [-0.4, -0.2) is 52.6 Å². The summed E-state index contributed by atoms with van der Waals surface area (Å²) in [6.45, 7) is 7.38. The van der Waals surface area contributed by atoms with Crippen LogP contribution in [0.25, 0.3) is 137 Å². The van der Waals surface area contributed by atoms with Crippen LogP contribution in [0.2, 0.25) is 15.1 Å². The number of rotatable bonds is 14. The number of imidazole rings is 4. The van der Waals surface area contributed by atoms with Crippen molar-refractivity contribution < 1.29 is 84.2 Å². The number of H-pyrrole nitrogens is 4. The Balaban J connectivity index is 0.000000133. The predicted molar refractivity (Wildman–Crippen MR) is 406 cm³/mol. The summed E-state index contributed by atoms with van der Waals surface area (Å²) in [5, 5.41) is 1.74. The number of halogens is 16. The van der Waals surface area contributed by atoms with Crippen LogP contribution >= 0.6 is 34.8 Å². The third-order valence-electron chi connectivity index (χ3n) is 17.1. The van der Waals surface area contributed by atoms with Gasteiger partial charge in [-0.3, -0.25) is 0 Å². The fraction of sp³-hybridized carbons (Fsp3) is 0.0952. The molecule has 0 aliphatic carbocycles. The standard InChI is InChI=1S/C21H14ClF3N2O2.2C21H14ClF3N2O.C21H14F4N2O2/c1-12-19(13-5-4-6-14(22)11-13)27-20(26-12)18-10-9-16(28-18)15-7-2-3-8-17(15)29-21(23,24)25;1-12-19(14-7-3-5-9-16(14)22)27-20(26-12)18-11-10-17(28-18)13-6-2-4-8-15(13)21(23,24)25;1-12-19(13-5-4-6-14(22)11-13)27-20(26-12)18-10-9-17(28-18)15-7-2-3-8-16(15)21(23,24)25;1-12-19(13-6-8-14(22)9-7-13)27-20(26-12)18-11-10-16(28-18)15-4-2-3-5-17(15)29-21(23,24)25/h2-11H,1H3,(H,26,27);2*2-11H,1H3,(H,26,27);2-11H,1H3,(H,26,27). The molecule has 114 heavy (non-hydrogen) atoms. The Bertz CT molecular complexity index is 6060. The minimum Gasteiger partial charge on any atom is -0.453 e. The van der Waals surface area contributed by atoms with Gasteiger partial charge in [-0.15, -0.1) is 26.3 Å². The molecule has 0 amide bonds. The lowest BCUT2D eigenvalue weighted by Crippen LogP contribution is -2.17. The fourth-order valence-electron chi connectivity index (χ4n) is 12.0. The molecule has 0 saturated carbocycles. The fourth-order valence-corrected chi connectivity index (χ4v) is 12.6. The average molecular weight is 1630 g/mol. The molecule has 0 spiro atoms. The summed E-state index contributed by atoms with van der Waals surface area (Å²) in [5.74, 6) is 2.78. The quantitative estimate of drug-likeness (QED) is 0.0764. The maximum Gasteiger partial charge on any atom is 0.573 e. The molecule has 0 bridgehead atoms. The lowest BCUT2D eigenvalue weighted by molar-refractivity contribution is -0.275. The second-order valence-electron chi connectivity index (χ2n) is 25.1. The normalized spacial score (nSPS) is 11.7. The van der Waals surface area contributed by atoms with Gasteiger partial charge in [-0.25, -0.2) is 24.3 Å². The van der Waals surface area contributed by atoms with E-state index in [-0.39, 0.29) is 62.6 Å². The van der Waals surface area contributed by atoms with Crippen molar-refractivity contribution in [2.45, 2.75) is 52.8 Å². The molecule has 0 atom stereocenters. The van der Waals surface area contributed by atoms with Crippen molar-refractivity contribution >= 4 is 34.8 Å². The van der Waals surface area contributed by atoms with E-state index in [1.807, 2.05) is 70.2 Å². The van der Waals surface area contributed by atoms with Gasteiger partial charge >= 0.3 is 25.1 Å². The van der Waals surface area contributed by atoms with Crippen LogP contribution in [0.15, 0.2) is 260 Å². The molecule has 8 aromatic carbocycles. The number of hydrogen-bond donors (Lipinski definition) is 4. The first-order chi connectivity index (χ1) is 54.3. The highest BCUT2D eigenvalue weighted by Crippen LogP contribution is 2.44. The van der Waals surface area contributed by atoms with E-state index >= 15 is 0 Å². The molecular formula is C84H56Cl3F13N8O6. The topological polar surface area (TPSA) is 186 Å². The van der Waals surface area contributed by atoms with Crippen molar-refractivity contribution in [2.24, 2.45) is 0 Å². The molecule has 0 aliphatic rings. The first-order valence-corrected chi connectivity index (χ1v) is 35.1. The van der Waals surface area contributed by atoms with E-state index in [9.17, 15) is 57.1 Å². The summed E-state index contributed by atoms with van der Waals surface area (Å²) < 4.78 is 200. The summed E-state index contributed by atoms with van der Waals surface area (Å²) >= 11 is 18.3. The summed E-state index contributed by atoms with van der Waals surface area (Å²) in [6, 6.07) is 62.5. The Morgan fingerprint density at radius 2 is 0.596 bits per heavy atom. The number of aryl methyl sites for hydroxylation is 4. The third kappa shape index (κ3) is 18.7. The lowest BCUT2D eigenvalue weighted by Gasteiger charge is -2.11. The number of ether oxygens (including phenoxy) is 2. The van der Waals surface area contributed by atoms with Crippen molar-refractivity contribution in [1.29, 1.82) is 0 Å². The second kappa shape index (κ2) is 32.9. The van der Waals surface area contributed by atoms with Gasteiger partial charge < -0.3 is 47.1 Å². The average Bonchev–Trinajstić information content (AvgIpc) is 1.61. The van der Waals surface area contributed by atoms with Crippen LogP contribution in [0, 0.1) is 33.5 Å². The smallest absolute Gasteiger partial charge is 0.453 e. The van der Waals surface area contributed by atoms with E-state index in [2.05, 4.69) is 49.3 Å². The van der Waals surface area contributed by atoms with Gasteiger partial charge in [0.2, 0.25) is 0 Å². The van der Waals surface area contributed by atoms with E-state index in [1.54, 1.807) is 103 Å². The zero-order chi connectivity index (χ0) is 81.0. The first kappa shape index (κ1) is 79.4. The van der Waals surface area contributed by atoms with Crippen LogP contribution < -0.4 is 9.47 Å². The highest BCUT2D eigenvalue weighted by atomic mass is 35.5. The molecule has 30 heteroatoms. The third-order valence-corrected chi connectivity index (χ3v) is 17.9. The van der Waals surface area contributed by atoms with Gasteiger partial charge in [-0.1, -0.05) is 138 Å². The Labute approximate surface area is 653 Å². The number of benzene rings is 8. The molecule has 16 rings (SSSR count). The number of nitrogens with zero attached hydrogens (tertiary/aromatic N) is 4. The number of aromatic amines is 4. The molecule has 14 nitrogen and oxygen atoms in total. The summed E-state index contributed by atoms with van der Waals surface area (Å²) in [7, 11) is 0. The zero-order valence-corrected chi connectivity index (χ0v) is 61.6. The molecule has 0 fully saturated rings. The number of furan rings is 4. The van der Waals surface area contributed by atoms with Crippen LogP contribution in [0.3, 0.4) is 0 Å². The molecule has 0 saturated heterocycles. The molecule has 4 N–H and O–H groups in total. The molecule has 8 aromatic heterocycles. The summed E-state index contributed by atoms with van der Waals surface area (Å²) in [5.41, 5.74) is 7.81. The maximum atomic E-state index is 13.3. The number of nitrogens with one attached hydrogen (secondary N) is 4. The molecular weight excluding hydrogens is 1570 g/mol. The molecule has 580 valence electrons. The number of alkyl halides is 12. The second-order valence-corrected chi connectivity index (χ2v) is 26.4. The highest BCUT2D eigenvalue weighted by Gasteiger charge is 2.37. The van der Waals surface area contributed by atoms with Crippen molar-refractivity contribution in [1.82, 2.24) is 39.9 Å². The SMILES string of the molecule is Cc1[nH]c(-c2ccc(-c3ccccc3C(F)(F)F)o2)nc1-c1cccc(Cl)c1.Cc1[nH]c(-c2ccc(-c3ccccc3C(F)(F)F)o2)nc1-c1ccccc1Cl.Cc1[nH]c(-c2ccc(-c3ccccc3OC(F)(F)F)o2)nc1-c1ccc(F)cc1.Cc1[nH]c(-c2ccc(-c3ccccc3OC(F)(F)F)o2)nc1-c1cccc(Cl)c1. The summed E-state index contributed by atoms with van der Waals surface area (Å²) in [4.78, 5) is 30.6. The van der Waals surface area contributed by atoms with Gasteiger partial charge in [0.15, 0.2) is 46.3 Å². The van der Waals surface area contributed by atoms with E-state index in [0.29, 0.717) is 84.2 Å². The van der Waals surface area contributed by atoms with Crippen LogP contribution in [-0.2, 0) is 12.4 Å². The van der Waals surface area contributed by atoms with Crippen LogP contribution in [0.4, 0.5) is 57.1 Å². The van der Waals surface area contributed by atoms with E-state index < -0.39 is 36.2 Å². The van der Waals surface area contributed by atoms with Gasteiger partial charge in [0, 0.05) is 66.2 Å². The van der Waals surface area contributed by atoms with Gasteiger partial charge in [0.1, 0.15) is 40.4 Å². The van der Waals surface area contributed by atoms with Crippen molar-refractivity contribution in [2.75, 3.05) is 0 Å². The number of para-hydroxylation sites is 2. The Hall–Kier alpha value is -12.7.